The molecule has 2 aromatic rings. The minimum Gasteiger partial charge on any atom is -0.371 e. The van der Waals surface area contributed by atoms with Gasteiger partial charge in [-0.25, -0.2) is 4.79 Å². The molecule has 2 aliphatic rings. The molecule has 6 nitrogen and oxygen atoms in total. The number of nitrogens with one attached hydrogen (secondary N) is 3. The van der Waals surface area contributed by atoms with Gasteiger partial charge in [0.1, 0.15) is 0 Å². The van der Waals surface area contributed by atoms with E-state index < -0.39 is 0 Å². The van der Waals surface area contributed by atoms with Gasteiger partial charge in [-0.1, -0.05) is 18.2 Å². The van der Waals surface area contributed by atoms with Crippen LogP contribution < -0.4 is 20.9 Å². The van der Waals surface area contributed by atoms with Crippen molar-refractivity contribution in [3.8, 4) is 0 Å². The van der Waals surface area contributed by atoms with E-state index in [9.17, 15) is 9.59 Å². The Kier molecular flexibility index (Phi) is 5.46. The van der Waals surface area contributed by atoms with Crippen molar-refractivity contribution in [2.45, 2.75) is 38.3 Å². The predicted octanol–water partition coefficient (Wildman–Crippen LogP) is 3.50. The Morgan fingerprint density at radius 3 is 2.39 bits per heavy atom. The Hall–Kier alpha value is -3.02. The van der Waals surface area contributed by atoms with Crippen molar-refractivity contribution < 1.29 is 9.59 Å². The monoisotopic (exact) mass is 378 g/mol. The minimum absolute atomic E-state index is 0.120. The summed E-state index contributed by atoms with van der Waals surface area (Å²) in [4.78, 5) is 26.7. The van der Waals surface area contributed by atoms with E-state index in [4.69, 9.17) is 0 Å². The molecule has 146 valence electrons. The van der Waals surface area contributed by atoms with E-state index in [1.807, 2.05) is 12.1 Å². The summed E-state index contributed by atoms with van der Waals surface area (Å²) in [5.74, 6) is -0.120. The molecular formula is C22H26N4O2. The highest BCUT2D eigenvalue weighted by atomic mass is 16.2. The lowest BCUT2D eigenvalue weighted by Gasteiger charge is -2.21. The number of amides is 3. The number of carbonyl (C=O) groups is 2. The van der Waals surface area contributed by atoms with E-state index >= 15 is 0 Å². The van der Waals surface area contributed by atoms with Crippen LogP contribution in [-0.2, 0) is 6.54 Å². The number of carbonyl (C=O) groups excluding carboxylic acids is 2. The molecule has 1 heterocycles. The average molecular weight is 378 g/mol. The summed E-state index contributed by atoms with van der Waals surface area (Å²) in [7, 11) is 0. The molecule has 1 saturated carbocycles. The number of hydrogen-bond donors (Lipinski definition) is 3. The number of para-hydroxylation sites is 1. The van der Waals surface area contributed by atoms with Crippen LogP contribution in [0.15, 0.2) is 48.5 Å². The highest BCUT2D eigenvalue weighted by Gasteiger charge is 2.23. The maximum atomic E-state index is 12.5. The predicted molar refractivity (Wildman–Crippen MR) is 111 cm³/mol. The van der Waals surface area contributed by atoms with E-state index in [0.29, 0.717) is 23.8 Å². The molecule has 0 bridgehead atoms. The molecule has 0 spiro atoms. The molecule has 3 amide bonds. The molecular weight excluding hydrogens is 352 g/mol. The van der Waals surface area contributed by atoms with Crippen molar-refractivity contribution in [3.63, 3.8) is 0 Å². The summed E-state index contributed by atoms with van der Waals surface area (Å²) in [6.07, 6.45) is 4.54. The number of rotatable bonds is 6. The largest absolute Gasteiger partial charge is 0.371 e. The van der Waals surface area contributed by atoms with Gasteiger partial charge in [0.25, 0.3) is 5.91 Å². The van der Waals surface area contributed by atoms with Gasteiger partial charge >= 0.3 is 6.03 Å². The van der Waals surface area contributed by atoms with Crippen molar-refractivity contribution in [3.05, 3.63) is 59.7 Å². The highest BCUT2D eigenvalue weighted by Crippen LogP contribution is 2.24. The Labute approximate surface area is 165 Å². The van der Waals surface area contributed by atoms with Gasteiger partial charge in [0, 0.05) is 42.6 Å². The number of anilines is 2. The zero-order valence-electron chi connectivity index (χ0n) is 15.9. The molecule has 1 saturated heterocycles. The lowest BCUT2D eigenvalue weighted by Crippen LogP contribution is -2.30. The Morgan fingerprint density at radius 2 is 1.68 bits per heavy atom. The fraction of sp³-hybridized carbons (Fsp3) is 0.364. The lowest BCUT2D eigenvalue weighted by atomic mass is 10.1. The summed E-state index contributed by atoms with van der Waals surface area (Å²) < 4.78 is 0. The molecule has 28 heavy (non-hydrogen) atoms. The Bertz CT molecular complexity index is 840. The first-order valence-electron chi connectivity index (χ1n) is 9.98. The molecule has 6 heteroatoms. The van der Waals surface area contributed by atoms with Crippen molar-refractivity contribution >= 4 is 23.3 Å². The second-order valence-corrected chi connectivity index (χ2v) is 7.46. The molecule has 0 atom stereocenters. The van der Waals surface area contributed by atoms with Crippen LogP contribution in [0.4, 0.5) is 16.2 Å². The molecule has 0 unspecified atom stereocenters. The van der Waals surface area contributed by atoms with Crippen molar-refractivity contribution in [2.75, 3.05) is 23.3 Å². The van der Waals surface area contributed by atoms with E-state index in [1.165, 1.54) is 18.5 Å². The zero-order valence-corrected chi connectivity index (χ0v) is 15.9. The van der Waals surface area contributed by atoms with Gasteiger partial charge < -0.3 is 20.9 Å². The van der Waals surface area contributed by atoms with Gasteiger partial charge in [-0.15, -0.1) is 0 Å². The van der Waals surface area contributed by atoms with E-state index in [0.717, 1.165) is 31.5 Å². The standard InChI is InChI=1S/C22H26N4O2/c27-21(16-7-9-18(10-8-16)24-22(28)25-19-11-12-19)23-15-17-5-1-2-6-20(17)26-13-3-4-14-26/h1-2,5-10,19H,3-4,11-15H2,(H,23,27)(H2,24,25,28). The average Bonchev–Trinajstić information content (AvgIpc) is 3.35. The minimum atomic E-state index is -0.196. The fourth-order valence-corrected chi connectivity index (χ4v) is 3.49. The second-order valence-electron chi connectivity index (χ2n) is 7.46. The van der Waals surface area contributed by atoms with Crippen LogP contribution in [-0.4, -0.2) is 31.1 Å². The van der Waals surface area contributed by atoms with E-state index in [1.54, 1.807) is 24.3 Å². The number of benzene rings is 2. The molecule has 1 aliphatic carbocycles. The van der Waals surface area contributed by atoms with Gasteiger partial charge in [0.2, 0.25) is 0 Å². The summed E-state index contributed by atoms with van der Waals surface area (Å²) in [6, 6.07) is 15.3. The van der Waals surface area contributed by atoms with Crippen LogP contribution in [0.2, 0.25) is 0 Å². The molecule has 2 fully saturated rings. The third-order valence-corrected chi connectivity index (χ3v) is 5.20. The van der Waals surface area contributed by atoms with Gasteiger partial charge in [0.15, 0.2) is 0 Å². The molecule has 1 aliphatic heterocycles. The zero-order chi connectivity index (χ0) is 19.3. The quantitative estimate of drug-likeness (QED) is 0.720. The summed E-state index contributed by atoms with van der Waals surface area (Å²) >= 11 is 0. The van der Waals surface area contributed by atoms with Gasteiger partial charge in [-0.3, -0.25) is 4.79 Å². The highest BCUT2D eigenvalue weighted by molar-refractivity contribution is 5.95. The molecule has 0 radical (unpaired) electrons. The van der Waals surface area contributed by atoms with E-state index in [2.05, 4.69) is 33.0 Å². The Morgan fingerprint density at radius 1 is 0.964 bits per heavy atom. The fourth-order valence-electron chi connectivity index (χ4n) is 3.49. The van der Waals surface area contributed by atoms with Crippen LogP contribution in [0.5, 0.6) is 0 Å². The summed E-state index contributed by atoms with van der Waals surface area (Å²) in [5.41, 5.74) is 3.59. The van der Waals surface area contributed by atoms with E-state index in [-0.39, 0.29) is 11.9 Å². The molecule has 4 rings (SSSR count). The molecule has 3 N–H and O–H groups in total. The third kappa shape index (κ3) is 4.63. The van der Waals surface area contributed by atoms with Gasteiger partial charge in [0.05, 0.1) is 0 Å². The van der Waals surface area contributed by atoms with Crippen LogP contribution in [0.1, 0.15) is 41.6 Å². The summed E-state index contributed by atoms with van der Waals surface area (Å²) in [5, 5.41) is 8.67. The van der Waals surface area contributed by atoms with Crippen LogP contribution in [0, 0.1) is 0 Å². The Balaban J connectivity index is 1.33. The number of hydrogen-bond acceptors (Lipinski definition) is 3. The number of urea groups is 1. The van der Waals surface area contributed by atoms with Crippen molar-refractivity contribution in [1.82, 2.24) is 10.6 Å². The van der Waals surface area contributed by atoms with Crippen LogP contribution in [0.3, 0.4) is 0 Å². The lowest BCUT2D eigenvalue weighted by molar-refractivity contribution is 0.0951. The molecule has 2 aromatic carbocycles. The topological polar surface area (TPSA) is 73.5 Å². The second kappa shape index (κ2) is 8.33. The smallest absolute Gasteiger partial charge is 0.319 e. The third-order valence-electron chi connectivity index (χ3n) is 5.20. The van der Waals surface area contributed by atoms with Gasteiger partial charge in [-0.2, -0.15) is 0 Å². The summed E-state index contributed by atoms with van der Waals surface area (Å²) in [6.45, 7) is 2.65. The van der Waals surface area contributed by atoms with Crippen molar-refractivity contribution in [1.29, 1.82) is 0 Å². The first-order valence-corrected chi connectivity index (χ1v) is 9.98. The molecule has 0 aromatic heterocycles. The normalized spacial score (nSPS) is 15.9. The maximum absolute atomic E-state index is 12.5. The number of nitrogens with zero attached hydrogens (tertiary/aromatic N) is 1. The van der Waals surface area contributed by atoms with Crippen LogP contribution >= 0.6 is 0 Å². The maximum Gasteiger partial charge on any atom is 0.319 e. The van der Waals surface area contributed by atoms with Crippen molar-refractivity contribution in [2.24, 2.45) is 0 Å². The first-order chi connectivity index (χ1) is 13.7. The first kappa shape index (κ1) is 18.3. The van der Waals surface area contributed by atoms with Crippen LogP contribution in [0.25, 0.3) is 0 Å². The SMILES string of the molecule is O=C(Nc1ccc(C(=O)NCc2ccccc2N2CCCC2)cc1)NC1CC1. The van der Waals surface area contributed by atoms with Gasteiger partial charge in [-0.05, 0) is 61.6 Å².